The number of amides is 1. The fourth-order valence-electron chi connectivity index (χ4n) is 9.94. The molecule has 312 valence electrons. The number of carbonyl (C=O) groups is 5. The highest BCUT2D eigenvalue weighted by Crippen LogP contribution is 2.64. The van der Waals surface area contributed by atoms with Gasteiger partial charge < -0.3 is 44.7 Å². The second-order valence-electron chi connectivity index (χ2n) is 16.8. The molecule has 14 heteroatoms. The Bertz CT molecular complexity index is 2160. The van der Waals surface area contributed by atoms with Gasteiger partial charge in [-0.2, -0.15) is 0 Å². The zero-order valence-electron chi connectivity index (χ0n) is 33.4. The SMILES string of the molecule is CC(=O)O[C@@]12CO[C@@H]1C[C@H](O)[C@@]1(C)C(=O)[C@H](O)C3=C(C)[C@@H](OC(=O)[C@@H](O)[C@@H](NC(=O)c4ccccc4)c4ccccc4)C[C@@](O)([C@@H](OC(=O)c4ccccc4)[C@H]21)C3(C)C. The maximum Gasteiger partial charge on any atom is 0.338 e. The van der Waals surface area contributed by atoms with Crippen molar-refractivity contribution in [3.8, 4) is 0 Å². The van der Waals surface area contributed by atoms with Crippen molar-refractivity contribution >= 4 is 29.6 Å². The Morgan fingerprint density at radius 3 is 2.00 bits per heavy atom. The summed E-state index contributed by atoms with van der Waals surface area (Å²) in [5, 5.41) is 51.9. The molecule has 3 aliphatic carbocycles. The largest absolute Gasteiger partial charge is 0.456 e. The number of fused-ring (bicyclic) bond motifs is 5. The molecular formula is C45H49NO13. The quantitative estimate of drug-likeness (QED) is 0.120. The topological polar surface area (TPSA) is 215 Å². The van der Waals surface area contributed by atoms with Gasteiger partial charge in [-0.05, 0) is 54.8 Å². The van der Waals surface area contributed by atoms with Crippen molar-refractivity contribution in [1.29, 1.82) is 0 Å². The molecule has 14 nitrogen and oxygen atoms in total. The van der Waals surface area contributed by atoms with Crippen LogP contribution in [0.2, 0.25) is 0 Å². The van der Waals surface area contributed by atoms with Crippen molar-refractivity contribution in [3.05, 3.63) is 119 Å². The lowest BCUT2D eigenvalue weighted by molar-refractivity contribution is -0.346. The van der Waals surface area contributed by atoms with Gasteiger partial charge in [-0.15, -0.1) is 0 Å². The van der Waals surface area contributed by atoms with Crippen LogP contribution in [0.1, 0.15) is 79.8 Å². The Balaban J connectivity index is 1.34. The first-order chi connectivity index (χ1) is 27.9. The number of rotatable bonds is 9. The average molecular weight is 812 g/mol. The minimum atomic E-state index is -2.35. The lowest BCUT2D eigenvalue weighted by Gasteiger charge is -2.67. The number of carbonyl (C=O) groups excluding carboxylic acids is 5. The van der Waals surface area contributed by atoms with Crippen LogP contribution in [-0.2, 0) is 33.3 Å². The second-order valence-corrected chi connectivity index (χ2v) is 16.8. The van der Waals surface area contributed by atoms with Gasteiger partial charge in [-0.1, -0.05) is 80.6 Å². The summed E-state index contributed by atoms with van der Waals surface area (Å²) in [7, 11) is 0. The molecule has 2 bridgehead atoms. The van der Waals surface area contributed by atoms with E-state index in [1.807, 2.05) is 0 Å². The summed E-state index contributed by atoms with van der Waals surface area (Å²) in [4.78, 5) is 69.5. The fourth-order valence-corrected chi connectivity index (χ4v) is 9.94. The molecule has 0 spiro atoms. The van der Waals surface area contributed by atoms with Crippen molar-refractivity contribution < 1.29 is 63.3 Å². The molecule has 1 aliphatic heterocycles. The van der Waals surface area contributed by atoms with Gasteiger partial charge in [0.25, 0.3) is 5.91 Å². The predicted molar refractivity (Wildman–Crippen MR) is 208 cm³/mol. The van der Waals surface area contributed by atoms with E-state index in [1.54, 1.807) is 92.7 Å². The Labute approximate surface area is 341 Å². The fraction of sp³-hybridized carbons (Fsp3) is 0.444. The number of aliphatic hydroxyl groups is 4. The number of nitrogens with one attached hydrogen (secondary N) is 1. The van der Waals surface area contributed by atoms with Crippen LogP contribution in [0.3, 0.4) is 0 Å². The van der Waals surface area contributed by atoms with Gasteiger partial charge in [0.1, 0.15) is 30.0 Å². The lowest BCUT2D eigenvalue weighted by atomic mass is 9.44. The van der Waals surface area contributed by atoms with Crippen LogP contribution in [-0.4, -0.2) is 104 Å². The van der Waals surface area contributed by atoms with E-state index < -0.39 is 107 Å². The normalized spacial score (nSPS) is 33.0. The Morgan fingerprint density at radius 2 is 1.44 bits per heavy atom. The van der Waals surface area contributed by atoms with Crippen LogP contribution in [0.25, 0.3) is 0 Å². The van der Waals surface area contributed by atoms with Crippen LogP contribution in [0.15, 0.2) is 102 Å². The Hall–Kier alpha value is -5.25. The zero-order valence-corrected chi connectivity index (χ0v) is 33.4. The van der Waals surface area contributed by atoms with E-state index >= 15 is 0 Å². The highest BCUT2D eigenvalue weighted by atomic mass is 16.6. The summed E-state index contributed by atoms with van der Waals surface area (Å²) in [5.74, 6) is -5.89. The highest BCUT2D eigenvalue weighted by Gasteiger charge is 2.78. The van der Waals surface area contributed by atoms with Crippen molar-refractivity contribution in [2.45, 2.75) is 101 Å². The summed E-state index contributed by atoms with van der Waals surface area (Å²) in [6.07, 6.45) is -10.5. The molecule has 5 N–H and O–H groups in total. The maximum absolute atomic E-state index is 15.0. The molecule has 59 heavy (non-hydrogen) atoms. The molecule has 3 aromatic carbocycles. The van der Waals surface area contributed by atoms with E-state index in [4.69, 9.17) is 18.9 Å². The molecule has 1 saturated heterocycles. The molecular weight excluding hydrogens is 762 g/mol. The van der Waals surface area contributed by atoms with Gasteiger partial charge in [0.2, 0.25) is 0 Å². The number of hydrogen-bond donors (Lipinski definition) is 5. The molecule has 0 unspecified atom stereocenters. The van der Waals surface area contributed by atoms with Crippen LogP contribution in [0.5, 0.6) is 0 Å². The average Bonchev–Trinajstić information content (AvgIpc) is 3.21. The number of benzene rings is 3. The summed E-state index contributed by atoms with van der Waals surface area (Å²) in [6.45, 7) is 6.89. The standard InChI is InChI=1S/C45H49NO13/c1-24-29(57-41(54)35(50)33(26-15-9-6-10-16-26)46-39(52)27-17-11-7-12-18-27)22-45(55)38(58-40(53)28-19-13-8-14-20-28)36-43(5,37(51)34(49)32(24)42(45,3)4)30(48)21-31-44(36,23-56-31)59-25(2)47/h6-20,29-31,33-36,38,48-50,55H,21-23H2,1-5H3,(H,46,52)/t29-,30-,31+,33-,34+,35-,36-,38-,43+,44-,45+/m0/s1. The molecule has 1 amide bonds. The number of hydrogen-bond acceptors (Lipinski definition) is 13. The van der Waals surface area contributed by atoms with Crippen molar-refractivity contribution in [2.75, 3.05) is 6.61 Å². The number of esters is 3. The van der Waals surface area contributed by atoms with Crippen LogP contribution in [0, 0.1) is 16.7 Å². The number of aliphatic hydroxyl groups excluding tert-OH is 3. The Kier molecular flexibility index (Phi) is 10.9. The summed E-state index contributed by atoms with van der Waals surface area (Å²) in [6, 6.07) is 23.1. The molecule has 11 atom stereocenters. The van der Waals surface area contributed by atoms with Gasteiger partial charge >= 0.3 is 17.9 Å². The molecule has 3 fully saturated rings. The first kappa shape index (κ1) is 41.9. The van der Waals surface area contributed by atoms with Crippen LogP contribution in [0.4, 0.5) is 0 Å². The minimum Gasteiger partial charge on any atom is -0.456 e. The molecule has 1 heterocycles. The number of Topliss-reactive ketones (excluding diaryl/α,β-unsaturated/α-hetero) is 1. The number of ketones is 1. The number of ether oxygens (including phenoxy) is 4. The third-order valence-electron chi connectivity index (χ3n) is 13.2. The van der Waals surface area contributed by atoms with Gasteiger partial charge in [0.15, 0.2) is 17.5 Å². The summed E-state index contributed by atoms with van der Waals surface area (Å²) in [5.41, 5.74) is -6.86. The molecule has 3 aromatic rings. The van der Waals surface area contributed by atoms with Gasteiger partial charge in [0.05, 0.1) is 35.6 Å². The van der Waals surface area contributed by atoms with E-state index in [-0.39, 0.29) is 35.3 Å². The van der Waals surface area contributed by atoms with Gasteiger partial charge in [0, 0.05) is 30.7 Å². The van der Waals surface area contributed by atoms with E-state index in [1.165, 1.54) is 26.0 Å². The third kappa shape index (κ3) is 6.76. The zero-order chi connectivity index (χ0) is 42.7. The molecule has 0 radical (unpaired) electrons. The summed E-state index contributed by atoms with van der Waals surface area (Å²) < 4.78 is 24.2. The smallest absolute Gasteiger partial charge is 0.338 e. The van der Waals surface area contributed by atoms with Crippen molar-refractivity contribution in [1.82, 2.24) is 5.32 Å². The molecule has 0 aromatic heterocycles. The highest BCUT2D eigenvalue weighted by molar-refractivity contribution is 5.95. The second kappa shape index (κ2) is 15.4. The predicted octanol–water partition coefficient (Wildman–Crippen LogP) is 3.16. The van der Waals surface area contributed by atoms with Crippen LogP contribution < -0.4 is 5.32 Å². The van der Waals surface area contributed by atoms with Gasteiger partial charge in [-0.3, -0.25) is 14.4 Å². The van der Waals surface area contributed by atoms with E-state index in [0.717, 1.165) is 6.92 Å². The Morgan fingerprint density at radius 1 is 0.864 bits per heavy atom. The lowest BCUT2D eigenvalue weighted by Crippen LogP contribution is -2.81. The molecule has 4 aliphatic rings. The van der Waals surface area contributed by atoms with E-state index in [0.29, 0.717) is 5.56 Å². The van der Waals surface area contributed by atoms with Gasteiger partial charge in [-0.25, -0.2) is 9.59 Å². The first-order valence-electron chi connectivity index (χ1n) is 19.6. The van der Waals surface area contributed by atoms with E-state index in [9.17, 15) is 44.4 Å². The maximum atomic E-state index is 15.0. The third-order valence-corrected chi connectivity index (χ3v) is 13.2. The van der Waals surface area contributed by atoms with Crippen molar-refractivity contribution in [2.24, 2.45) is 16.7 Å². The minimum absolute atomic E-state index is 0.0540. The van der Waals surface area contributed by atoms with Crippen molar-refractivity contribution in [3.63, 3.8) is 0 Å². The summed E-state index contributed by atoms with van der Waals surface area (Å²) >= 11 is 0. The monoisotopic (exact) mass is 811 g/mol. The first-order valence-corrected chi connectivity index (χ1v) is 19.6. The van der Waals surface area contributed by atoms with E-state index in [2.05, 4.69) is 5.32 Å². The molecule has 7 rings (SSSR count). The molecule has 2 saturated carbocycles. The van der Waals surface area contributed by atoms with Crippen LogP contribution >= 0.6 is 0 Å².